The van der Waals surface area contributed by atoms with Crippen LogP contribution in [0.2, 0.25) is 0 Å². The van der Waals surface area contributed by atoms with Gasteiger partial charge in [0.2, 0.25) is 0 Å². The Morgan fingerprint density at radius 3 is 2.82 bits per heavy atom. The number of thioether (sulfide) groups is 1. The van der Waals surface area contributed by atoms with Gasteiger partial charge in [-0.15, -0.1) is 16.7 Å². The molecule has 6 heteroatoms. The Hall–Kier alpha value is -0.800. The molecule has 2 fully saturated rings. The molecule has 0 aromatic heterocycles. The number of hydrogen-bond acceptors (Lipinski definition) is 5. The Kier molecular flexibility index (Phi) is 4.24. The lowest BCUT2D eigenvalue weighted by atomic mass is 10.2. The second-order valence-electron chi connectivity index (χ2n) is 4.69. The zero-order valence-corrected chi connectivity index (χ0v) is 10.9. The SMILES string of the molecule is CC(N1CSCC1C#N)N(N=O)C1CCCC1. The van der Waals surface area contributed by atoms with E-state index in [-0.39, 0.29) is 18.2 Å². The summed E-state index contributed by atoms with van der Waals surface area (Å²) in [5.74, 6) is 1.65. The minimum Gasteiger partial charge on any atom is -0.256 e. The molecule has 1 heterocycles. The minimum absolute atomic E-state index is 0.0600. The molecule has 94 valence electrons. The Balaban J connectivity index is 2.03. The molecule has 1 aliphatic carbocycles. The van der Waals surface area contributed by atoms with Gasteiger partial charge < -0.3 is 0 Å². The van der Waals surface area contributed by atoms with E-state index in [0.717, 1.165) is 24.5 Å². The van der Waals surface area contributed by atoms with Crippen LogP contribution in [0.3, 0.4) is 0 Å². The van der Waals surface area contributed by atoms with Crippen LogP contribution in [0.1, 0.15) is 32.6 Å². The maximum atomic E-state index is 11.0. The van der Waals surface area contributed by atoms with E-state index in [0.29, 0.717) is 0 Å². The van der Waals surface area contributed by atoms with E-state index in [9.17, 15) is 4.91 Å². The molecule has 0 bridgehead atoms. The normalized spacial score (nSPS) is 27.9. The third-order valence-electron chi connectivity index (χ3n) is 3.72. The highest BCUT2D eigenvalue weighted by atomic mass is 32.2. The van der Waals surface area contributed by atoms with Gasteiger partial charge in [-0.3, -0.25) is 4.90 Å². The van der Waals surface area contributed by atoms with Crippen LogP contribution in [0.15, 0.2) is 5.29 Å². The van der Waals surface area contributed by atoms with Crippen molar-refractivity contribution in [3.05, 3.63) is 4.91 Å². The number of nitriles is 1. The first-order chi connectivity index (χ1) is 8.27. The van der Waals surface area contributed by atoms with Crippen molar-refractivity contribution in [3.8, 4) is 6.07 Å². The lowest BCUT2D eigenvalue weighted by molar-refractivity contribution is 0.0316. The fourth-order valence-corrected chi connectivity index (χ4v) is 3.90. The summed E-state index contributed by atoms with van der Waals surface area (Å²) < 4.78 is 0. The maximum absolute atomic E-state index is 11.0. The van der Waals surface area contributed by atoms with E-state index in [4.69, 9.17) is 5.26 Å². The van der Waals surface area contributed by atoms with E-state index in [1.807, 2.05) is 6.92 Å². The summed E-state index contributed by atoms with van der Waals surface area (Å²) in [7, 11) is 0. The minimum atomic E-state index is -0.0827. The fraction of sp³-hybridized carbons (Fsp3) is 0.909. The molecule has 17 heavy (non-hydrogen) atoms. The Morgan fingerprint density at radius 1 is 1.53 bits per heavy atom. The smallest absolute Gasteiger partial charge is 0.109 e. The van der Waals surface area contributed by atoms with Crippen molar-refractivity contribution in [2.45, 2.75) is 50.9 Å². The summed E-state index contributed by atoms with van der Waals surface area (Å²) in [5.41, 5.74) is 0. The fourth-order valence-electron chi connectivity index (χ4n) is 2.70. The van der Waals surface area contributed by atoms with Crippen LogP contribution < -0.4 is 0 Å². The van der Waals surface area contributed by atoms with Gasteiger partial charge in [0.1, 0.15) is 12.2 Å². The highest BCUT2D eigenvalue weighted by Crippen LogP contribution is 2.30. The summed E-state index contributed by atoms with van der Waals surface area (Å²) in [6.45, 7) is 1.98. The molecule has 1 aliphatic heterocycles. The average Bonchev–Trinajstić information content (AvgIpc) is 3.00. The van der Waals surface area contributed by atoms with Gasteiger partial charge in [-0.25, -0.2) is 5.01 Å². The lowest BCUT2D eigenvalue weighted by Crippen LogP contribution is -2.49. The molecule has 0 spiro atoms. The predicted octanol–water partition coefficient (Wildman–Crippen LogP) is 2.16. The topological polar surface area (TPSA) is 59.7 Å². The first-order valence-electron chi connectivity index (χ1n) is 6.12. The van der Waals surface area contributed by atoms with Crippen LogP contribution in [0, 0.1) is 16.2 Å². The zero-order chi connectivity index (χ0) is 12.3. The summed E-state index contributed by atoms with van der Waals surface area (Å²) in [4.78, 5) is 13.1. The van der Waals surface area contributed by atoms with E-state index >= 15 is 0 Å². The Morgan fingerprint density at radius 2 is 2.24 bits per heavy atom. The molecule has 2 rings (SSSR count). The van der Waals surface area contributed by atoms with Crippen LogP contribution in [0.4, 0.5) is 0 Å². The molecule has 0 aromatic carbocycles. The van der Waals surface area contributed by atoms with Crippen molar-refractivity contribution in [2.75, 3.05) is 11.6 Å². The van der Waals surface area contributed by atoms with Gasteiger partial charge in [-0.1, -0.05) is 12.8 Å². The second kappa shape index (κ2) is 5.69. The molecule has 0 radical (unpaired) electrons. The van der Waals surface area contributed by atoms with Crippen molar-refractivity contribution in [2.24, 2.45) is 5.29 Å². The monoisotopic (exact) mass is 254 g/mol. The molecule has 0 amide bonds. The molecule has 5 nitrogen and oxygen atoms in total. The van der Waals surface area contributed by atoms with Crippen molar-refractivity contribution in [1.82, 2.24) is 9.91 Å². The van der Waals surface area contributed by atoms with Gasteiger partial charge in [0.05, 0.1) is 17.4 Å². The maximum Gasteiger partial charge on any atom is 0.109 e. The molecule has 0 N–H and O–H groups in total. The number of rotatable bonds is 4. The summed E-state index contributed by atoms with van der Waals surface area (Å²) >= 11 is 1.75. The van der Waals surface area contributed by atoms with Crippen LogP contribution in [0.5, 0.6) is 0 Å². The van der Waals surface area contributed by atoms with E-state index in [1.165, 1.54) is 12.8 Å². The van der Waals surface area contributed by atoms with Gasteiger partial charge in [0.25, 0.3) is 0 Å². The summed E-state index contributed by atoms with van der Waals surface area (Å²) in [6, 6.07) is 2.49. The standard InChI is InChI=1S/C11H18N4OS/c1-9(14-8-17-7-11(14)6-12)15(13-16)10-4-2-3-5-10/h9-11H,2-5,7-8H2,1H3. The van der Waals surface area contributed by atoms with Gasteiger partial charge in [0.15, 0.2) is 0 Å². The van der Waals surface area contributed by atoms with Crippen LogP contribution in [0.25, 0.3) is 0 Å². The molecule has 2 aliphatic rings. The Bertz CT molecular complexity index is 313. The Labute approximate surface area is 106 Å². The van der Waals surface area contributed by atoms with Gasteiger partial charge in [-0.05, 0) is 19.8 Å². The summed E-state index contributed by atoms with van der Waals surface area (Å²) in [6.07, 6.45) is 4.40. The number of nitroso groups, excluding NO2 is 1. The van der Waals surface area contributed by atoms with E-state index in [1.54, 1.807) is 16.8 Å². The van der Waals surface area contributed by atoms with Gasteiger partial charge in [0, 0.05) is 11.6 Å². The summed E-state index contributed by atoms with van der Waals surface area (Å²) in [5, 5.41) is 13.9. The highest BCUT2D eigenvalue weighted by molar-refractivity contribution is 7.99. The van der Waals surface area contributed by atoms with Crippen molar-refractivity contribution in [3.63, 3.8) is 0 Å². The zero-order valence-electron chi connectivity index (χ0n) is 10.1. The number of nitrogens with zero attached hydrogens (tertiary/aromatic N) is 4. The third-order valence-corrected chi connectivity index (χ3v) is 4.75. The van der Waals surface area contributed by atoms with Crippen LogP contribution >= 0.6 is 11.8 Å². The molecule has 0 aromatic rings. The average molecular weight is 254 g/mol. The van der Waals surface area contributed by atoms with Crippen molar-refractivity contribution >= 4 is 11.8 Å². The largest absolute Gasteiger partial charge is 0.256 e. The van der Waals surface area contributed by atoms with E-state index in [2.05, 4.69) is 16.3 Å². The third kappa shape index (κ3) is 2.55. The van der Waals surface area contributed by atoms with E-state index < -0.39 is 0 Å². The second-order valence-corrected chi connectivity index (χ2v) is 5.69. The van der Waals surface area contributed by atoms with Gasteiger partial charge in [-0.2, -0.15) is 5.26 Å². The number of hydrogen-bond donors (Lipinski definition) is 0. The first-order valence-corrected chi connectivity index (χ1v) is 7.28. The molecule has 2 atom stereocenters. The molecular weight excluding hydrogens is 236 g/mol. The predicted molar refractivity (Wildman–Crippen MR) is 67.9 cm³/mol. The molecule has 2 unspecified atom stereocenters. The van der Waals surface area contributed by atoms with Crippen molar-refractivity contribution in [1.29, 1.82) is 5.26 Å². The highest BCUT2D eigenvalue weighted by Gasteiger charge is 2.35. The molecule has 1 saturated heterocycles. The van der Waals surface area contributed by atoms with Gasteiger partial charge >= 0.3 is 0 Å². The van der Waals surface area contributed by atoms with Crippen LogP contribution in [-0.2, 0) is 0 Å². The van der Waals surface area contributed by atoms with Crippen LogP contribution in [-0.4, -0.2) is 39.8 Å². The van der Waals surface area contributed by atoms with Crippen molar-refractivity contribution < 1.29 is 0 Å². The molecular formula is C11H18N4OS. The first kappa shape index (κ1) is 12.7. The quantitative estimate of drug-likeness (QED) is 0.568. The molecule has 1 saturated carbocycles. The lowest BCUT2D eigenvalue weighted by Gasteiger charge is -2.35.